The molecule has 0 saturated carbocycles. The summed E-state index contributed by atoms with van der Waals surface area (Å²) < 4.78 is 5.74. The van der Waals surface area contributed by atoms with E-state index in [1.807, 2.05) is 30.3 Å². The molecule has 0 unspecified atom stereocenters. The second kappa shape index (κ2) is 7.19. The summed E-state index contributed by atoms with van der Waals surface area (Å²) in [6.45, 7) is 0.458. The summed E-state index contributed by atoms with van der Waals surface area (Å²) in [5.74, 6) is 0.374. The molecule has 1 aliphatic rings. The van der Waals surface area contributed by atoms with E-state index in [9.17, 15) is 4.79 Å². The maximum Gasteiger partial charge on any atom is 0.258 e. The molecular weight excluding hydrogens is 334 g/mol. The van der Waals surface area contributed by atoms with E-state index in [2.05, 4.69) is 15.3 Å². The Kier molecular flexibility index (Phi) is 4.61. The van der Waals surface area contributed by atoms with Crippen LogP contribution in [-0.4, -0.2) is 22.5 Å². The number of aryl methyl sites for hydroxylation is 2. The van der Waals surface area contributed by atoms with Crippen LogP contribution in [0.15, 0.2) is 36.7 Å². The number of benzene rings is 1. The molecular formula is C19H19N3O2S. The molecule has 1 amide bonds. The van der Waals surface area contributed by atoms with E-state index < -0.39 is 0 Å². The van der Waals surface area contributed by atoms with E-state index in [0.717, 1.165) is 28.6 Å². The van der Waals surface area contributed by atoms with Crippen LogP contribution in [0.25, 0.3) is 10.2 Å². The first-order valence-electron chi connectivity index (χ1n) is 8.50. The average molecular weight is 353 g/mol. The van der Waals surface area contributed by atoms with Gasteiger partial charge >= 0.3 is 0 Å². The summed E-state index contributed by atoms with van der Waals surface area (Å²) in [5.41, 5.74) is 2.37. The fraction of sp³-hybridized carbons (Fsp3) is 0.316. The van der Waals surface area contributed by atoms with Gasteiger partial charge in [0, 0.05) is 11.4 Å². The zero-order valence-corrected chi connectivity index (χ0v) is 14.6. The minimum Gasteiger partial charge on any atom is -0.467 e. The van der Waals surface area contributed by atoms with E-state index in [0.29, 0.717) is 12.4 Å². The zero-order valence-electron chi connectivity index (χ0n) is 13.8. The van der Waals surface area contributed by atoms with Crippen molar-refractivity contribution in [2.24, 2.45) is 0 Å². The fourth-order valence-electron chi connectivity index (χ4n) is 3.15. The molecule has 6 heteroatoms. The molecule has 25 heavy (non-hydrogen) atoms. The van der Waals surface area contributed by atoms with Crippen LogP contribution in [-0.2, 0) is 24.2 Å². The van der Waals surface area contributed by atoms with Gasteiger partial charge in [-0.2, -0.15) is 0 Å². The summed E-state index contributed by atoms with van der Waals surface area (Å²) in [6, 6.07) is 9.82. The Labute approximate surface area is 150 Å². The molecule has 2 heterocycles. The van der Waals surface area contributed by atoms with Crippen LogP contribution in [0.3, 0.4) is 0 Å². The van der Waals surface area contributed by atoms with Crippen molar-refractivity contribution in [1.29, 1.82) is 0 Å². The highest BCUT2D eigenvalue weighted by Gasteiger charge is 2.20. The van der Waals surface area contributed by atoms with Crippen molar-refractivity contribution in [2.75, 3.05) is 6.61 Å². The van der Waals surface area contributed by atoms with Crippen LogP contribution in [0, 0.1) is 0 Å². The average Bonchev–Trinajstić information content (AvgIpc) is 3.04. The molecule has 0 saturated heterocycles. The number of ether oxygens (including phenoxy) is 1. The van der Waals surface area contributed by atoms with E-state index in [1.165, 1.54) is 29.6 Å². The number of aromatic nitrogens is 2. The number of amides is 1. The normalized spacial score (nSPS) is 13.4. The number of hydrogen-bond donors (Lipinski definition) is 1. The van der Waals surface area contributed by atoms with Crippen molar-refractivity contribution >= 4 is 27.5 Å². The number of nitrogens with one attached hydrogen (secondary N) is 1. The third kappa shape index (κ3) is 3.49. The molecule has 5 nitrogen and oxygen atoms in total. The van der Waals surface area contributed by atoms with Gasteiger partial charge < -0.3 is 10.1 Å². The van der Waals surface area contributed by atoms with Gasteiger partial charge in [0.2, 0.25) is 5.88 Å². The van der Waals surface area contributed by atoms with Gasteiger partial charge in [0.15, 0.2) is 6.61 Å². The van der Waals surface area contributed by atoms with Gasteiger partial charge in [-0.1, -0.05) is 30.3 Å². The van der Waals surface area contributed by atoms with E-state index in [4.69, 9.17) is 4.74 Å². The predicted molar refractivity (Wildman–Crippen MR) is 97.8 cm³/mol. The van der Waals surface area contributed by atoms with E-state index in [-0.39, 0.29) is 12.5 Å². The van der Waals surface area contributed by atoms with Gasteiger partial charge in [-0.15, -0.1) is 11.3 Å². The Morgan fingerprint density at radius 2 is 2.00 bits per heavy atom. The molecule has 0 fully saturated rings. The Morgan fingerprint density at radius 1 is 1.16 bits per heavy atom. The Hall–Kier alpha value is -2.47. The largest absolute Gasteiger partial charge is 0.467 e. The minimum absolute atomic E-state index is 0.0381. The Morgan fingerprint density at radius 3 is 2.88 bits per heavy atom. The summed E-state index contributed by atoms with van der Waals surface area (Å²) in [5, 5.41) is 3.87. The number of rotatable bonds is 5. The van der Waals surface area contributed by atoms with Gasteiger partial charge in [0.05, 0.1) is 5.39 Å². The summed E-state index contributed by atoms with van der Waals surface area (Å²) in [4.78, 5) is 23.1. The highest BCUT2D eigenvalue weighted by Crippen LogP contribution is 2.38. The molecule has 128 valence electrons. The molecule has 1 N–H and O–H groups in total. The quantitative estimate of drug-likeness (QED) is 0.765. The standard InChI is InChI=1S/C19H19N3O2S/c23-16(20-10-13-6-2-1-3-7-13)11-24-18-17-14-8-4-5-9-15(14)25-19(17)22-12-21-18/h1-3,6-7,12H,4-5,8-11H2,(H,20,23). The van der Waals surface area contributed by atoms with Crippen LogP contribution in [0.5, 0.6) is 5.88 Å². The van der Waals surface area contributed by atoms with Crippen molar-refractivity contribution in [2.45, 2.75) is 32.2 Å². The van der Waals surface area contributed by atoms with Gasteiger partial charge in [0.25, 0.3) is 5.91 Å². The maximum absolute atomic E-state index is 12.1. The van der Waals surface area contributed by atoms with Crippen LogP contribution in [0.1, 0.15) is 28.8 Å². The third-order valence-corrected chi connectivity index (χ3v) is 5.59. The lowest BCUT2D eigenvalue weighted by atomic mass is 9.97. The summed E-state index contributed by atoms with van der Waals surface area (Å²) >= 11 is 1.72. The first-order valence-corrected chi connectivity index (χ1v) is 9.31. The first kappa shape index (κ1) is 16.0. The molecule has 4 rings (SSSR count). The highest BCUT2D eigenvalue weighted by molar-refractivity contribution is 7.18. The minimum atomic E-state index is -0.153. The summed E-state index contributed by atoms with van der Waals surface area (Å²) in [7, 11) is 0. The predicted octanol–water partition coefficient (Wildman–Crippen LogP) is 3.27. The lowest BCUT2D eigenvalue weighted by Gasteiger charge is -2.12. The summed E-state index contributed by atoms with van der Waals surface area (Å²) in [6.07, 6.45) is 6.07. The first-order chi connectivity index (χ1) is 12.3. The molecule has 0 radical (unpaired) electrons. The number of carbonyl (C=O) groups excluding carboxylic acids is 1. The lowest BCUT2D eigenvalue weighted by molar-refractivity contribution is -0.123. The SMILES string of the molecule is O=C(COc1ncnc2sc3c(c12)CCCC3)NCc1ccccc1. The van der Waals surface area contributed by atoms with E-state index in [1.54, 1.807) is 11.3 Å². The maximum atomic E-state index is 12.1. The topological polar surface area (TPSA) is 64.1 Å². The van der Waals surface area contributed by atoms with E-state index >= 15 is 0 Å². The second-order valence-corrected chi connectivity index (χ2v) is 7.20. The molecule has 1 aliphatic carbocycles. The van der Waals surface area contributed by atoms with Crippen LogP contribution < -0.4 is 10.1 Å². The van der Waals surface area contributed by atoms with Crippen molar-refractivity contribution in [1.82, 2.24) is 15.3 Å². The number of carbonyl (C=O) groups is 1. The Balaban J connectivity index is 1.44. The second-order valence-electron chi connectivity index (χ2n) is 6.12. The molecule has 0 spiro atoms. The number of nitrogens with zero attached hydrogens (tertiary/aromatic N) is 2. The number of thiophene rings is 1. The molecule has 0 bridgehead atoms. The molecule has 0 aliphatic heterocycles. The zero-order chi connectivity index (χ0) is 17.1. The van der Waals surface area contributed by atoms with Gasteiger partial charge in [-0.3, -0.25) is 4.79 Å². The smallest absolute Gasteiger partial charge is 0.258 e. The third-order valence-electron chi connectivity index (χ3n) is 4.39. The molecule has 1 aromatic carbocycles. The Bertz CT molecular complexity index is 892. The molecule has 3 aromatic rings. The van der Waals surface area contributed by atoms with Gasteiger partial charge in [0.1, 0.15) is 11.2 Å². The fourth-order valence-corrected chi connectivity index (χ4v) is 4.37. The number of fused-ring (bicyclic) bond motifs is 3. The molecule has 2 aromatic heterocycles. The lowest BCUT2D eigenvalue weighted by Crippen LogP contribution is -2.28. The monoisotopic (exact) mass is 353 g/mol. The van der Waals surface area contributed by atoms with Gasteiger partial charge in [-0.05, 0) is 36.8 Å². The molecule has 0 atom stereocenters. The highest BCUT2D eigenvalue weighted by atomic mass is 32.1. The van der Waals surface area contributed by atoms with Crippen LogP contribution in [0.4, 0.5) is 0 Å². The number of hydrogen-bond acceptors (Lipinski definition) is 5. The van der Waals surface area contributed by atoms with Crippen LogP contribution >= 0.6 is 11.3 Å². The van der Waals surface area contributed by atoms with Crippen molar-refractivity contribution < 1.29 is 9.53 Å². The van der Waals surface area contributed by atoms with Gasteiger partial charge in [-0.25, -0.2) is 9.97 Å². The van der Waals surface area contributed by atoms with Crippen molar-refractivity contribution in [3.05, 3.63) is 52.7 Å². The van der Waals surface area contributed by atoms with Crippen LogP contribution in [0.2, 0.25) is 0 Å². The van der Waals surface area contributed by atoms with Crippen molar-refractivity contribution in [3.8, 4) is 5.88 Å². The van der Waals surface area contributed by atoms with Crippen molar-refractivity contribution in [3.63, 3.8) is 0 Å².